The fourth-order valence-electron chi connectivity index (χ4n) is 3.84. The molecular weight excluding hydrogens is 404 g/mol. The number of halogens is 1. The van der Waals surface area contributed by atoms with Gasteiger partial charge in [-0.15, -0.1) is 12.4 Å². The molecule has 4 rings (SSSR count). The first kappa shape index (κ1) is 22.1. The van der Waals surface area contributed by atoms with Gasteiger partial charge in [0.1, 0.15) is 0 Å². The number of nitrogens with zero attached hydrogens (tertiary/aromatic N) is 1. The maximum atomic E-state index is 12.7. The van der Waals surface area contributed by atoms with E-state index in [9.17, 15) is 9.59 Å². The van der Waals surface area contributed by atoms with Crippen molar-refractivity contribution in [3.63, 3.8) is 0 Å². The van der Waals surface area contributed by atoms with E-state index in [1.54, 1.807) is 0 Å². The number of fused-ring (bicyclic) bond motifs is 1. The van der Waals surface area contributed by atoms with Gasteiger partial charge in [0, 0.05) is 43.5 Å². The molecule has 2 aliphatic rings. The number of ether oxygens (including phenoxy) is 1. The molecule has 8 heteroatoms. The van der Waals surface area contributed by atoms with Crippen LogP contribution in [0.3, 0.4) is 0 Å². The molecule has 160 valence electrons. The molecule has 0 radical (unpaired) electrons. The van der Waals surface area contributed by atoms with Gasteiger partial charge < -0.3 is 25.6 Å². The van der Waals surface area contributed by atoms with Crippen molar-refractivity contribution in [1.29, 1.82) is 0 Å². The third kappa shape index (κ3) is 5.50. The van der Waals surface area contributed by atoms with Crippen molar-refractivity contribution < 1.29 is 14.3 Å². The fourth-order valence-corrected chi connectivity index (χ4v) is 3.84. The second-order valence-corrected chi connectivity index (χ2v) is 7.38. The Morgan fingerprint density at radius 1 is 1.10 bits per heavy atom. The number of morpholine rings is 1. The van der Waals surface area contributed by atoms with Crippen molar-refractivity contribution in [2.24, 2.45) is 0 Å². The summed E-state index contributed by atoms with van der Waals surface area (Å²) in [5.74, 6) is 0.138. The summed E-state index contributed by atoms with van der Waals surface area (Å²) in [4.78, 5) is 26.9. The second kappa shape index (κ2) is 10.4. The maximum absolute atomic E-state index is 12.7. The molecule has 0 aliphatic carbocycles. The molecule has 2 aromatic rings. The molecule has 2 aliphatic heterocycles. The molecule has 1 fully saturated rings. The van der Waals surface area contributed by atoms with Gasteiger partial charge in [-0.05, 0) is 35.7 Å². The lowest BCUT2D eigenvalue weighted by Crippen LogP contribution is -2.46. The standard InChI is InChI=1S/C22H26N4O3.ClH/c27-21(13-18-15-29-12-10-23-18)26-11-9-19-16(14-26)5-4-8-20(19)25-22(28)24-17-6-2-1-3-7-17;/h1-8,18,23H,9-15H2,(H2,24,25,28);1H. The quantitative estimate of drug-likeness (QED) is 0.696. The van der Waals surface area contributed by atoms with E-state index in [4.69, 9.17) is 4.74 Å². The van der Waals surface area contributed by atoms with Crippen LogP contribution >= 0.6 is 12.4 Å². The van der Waals surface area contributed by atoms with E-state index >= 15 is 0 Å². The molecule has 0 bridgehead atoms. The van der Waals surface area contributed by atoms with Crippen LogP contribution in [0.25, 0.3) is 0 Å². The Morgan fingerprint density at radius 2 is 1.93 bits per heavy atom. The van der Waals surface area contributed by atoms with Crippen LogP contribution in [0.15, 0.2) is 48.5 Å². The first-order chi connectivity index (χ1) is 14.2. The average molecular weight is 431 g/mol. The van der Waals surface area contributed by atoms with Crippen LogP contribution in [-0.2, 0) is 22.5 Å². The highest BCUT2D eigenvalue weighted by molar-refractivity contribution is 6.00. The third-order valence-electron chi connectivity index (χ3n) is 5.32. The van der Waals surface area contributed by atoms with Gasteiger partial charge in [0.25, 0.3) is 0 Å². The lowest BCUT2D eigenvalue weighted by Gasteiger charge is -2.32. The molecule has 1 unspecified atom stereocenters. The Bertz CT molecular complexity index is 872. The van der Waals surface area contributed by atoms with Gasteiger partial charge >= 0.3 is 6.03 Å². The largest absolute Gasteiger partial charge is 0.378 e. The van der Waals surface area contributed by atoms with Crippen molar-refractivity contribution in [2.75, 3.05) is 36.9 Å². The number of urea groups is 1. The van der Waals surface area contributed by atoms with Crippen molar-refractivity contribution in [2.45, 2.75) is 25.4 Å². The number of anilines is 2. The van der Waals surface area contributed by atoms with E-state index < -0.39 is 0 Å². The van der Waals surface area contributed by atoms with Crippen molar-refractivity contribution >= 4 is 35.7 Å². The summed E-state index contributed by atoms with van der Waals surface area (Å²) < 4.78 is 5.44. The molecule has 30 heavy (non-hydrogen) atoms. The van der Waals surface area contributed by atoms with Crippen molar-refractivity contribution in [3.05, 3.63) is 59.7 Å². The zero-order valence-electron chi connectivity index (χ0n) is 16.7. The van der Waals surface area contributed by atoms with E-state index in [-0.39, 0.29) is 30.4 Å². The van der Waals surface area contributed by atoms with Crippen LogP contribution in [0, 0.1) is 0 Å². The van der Waals surface area contributed by atoms with E-state index in [0.29, 0.717) is 32.7 Å². The van der Waals surface area contributed by atoms with E-state index in [0.717, 1.165) is 35.5 Å². The highest BCUT2D eigenvalue weighted by atomic mass is 35.5. The molecule has 7 nitrogen and oxygen atoms in total. The number of hydrogen-bond donors (Lipinski definition) is 3. The molecule has 2 aromatic carbocycles. The number of rotatable bonds is 4. The molecule has 0 spiro atoms. The predicted octanol–water partition coefficient (Wildman–Crippen LogP) is 3.02. The van der Waals surface area contributed by atoms with Crippen LogP contribution in [-0.4, -0.2) is 49.2 Å². The number of carbonyl (C=O) groups excluding carboxylic acids is 2. The van der Waals surface area contributed by atoms with Crippen molar-refractivity contribution in [3.8, 4) is 0 Å². The van der Waals surface area contributed by atoms with Gasteiger partial charge in [-0.1, -0.05) is 30.3 Å². The van der Waals surface area contributed by atoms with Crippen LogP contribution in [0.2, 0.25) is 0 Å². The summed E-state index contributed by atoms with van der Waals surface area (Å²) in [5.41, 5.74) is 3.71. The molecule has 0 saturated carbocycles. The Balaban J connectivity index is 0.00000256. The molecule has 0 aromatic heterocycles. The monoisotopic (exact) mass is 430 g/mol. The molecule has 3 N–H and O–H groups in total. The second-order valence-electron chi connectivity index (χ2n) is 7.38. The van der Waals surface area contributed by atoms with Crippen LogP contribution in [0.5, 0.6) is 0 Å². The Hall–Kier alpha value is -2.61. The Labute approximate surface area is 182 Å². The highest BCUT2D eigenvalue weighted by Crippen LogP contribution is 2.27. The Kier molecular flexibility index (Phi) is 7.68. The first-order valence-electron chi connectivity index (χ1n) is 10.0. The van der Waals surface area contributed by atoms with E-state index in [1.165, 1.54) is 0 Å². The summed E-state index contributed by atoms with van der Waals surface area (Å²) in [6, 6.07) is 15.0. The van der Waals surface area contributed by atoms with Crippen LogP contribution < -0.4 is 16.0 Å². The number of carbonyl (C=O) groups is 2. The van der Waals surface area contributed by atoms with Crippen LogP contribution in [0.4, 0.5) is 16.2 Å². The molecule has 1 atom stereocenters. The number of hydrogen-bond acceptors (Lipinski definition) is 4. The fraction of sp³-hybridized carbons (Fsp3) is 0.364. The van der Waals surface area contributed by atoms with E-state index in [1.807, 2.05) is 53.4 Å². The number of para-hydroxylation sites is 1. The van der Waals surface area contributed by atoms with Crippen LogP contribution in [0.1, 0.15) is 17.5 Å². The van der Waals surface area contributed by atoms with E-state index in [2.05, 4.69) is 16.0 Å². The number of nitrogens with one attached hydrogen (secondary N) is 3. The zero-order valence-corrected chi connectivity index (χ0v) is 17.5. The lowest BCUT2D eigenvalue weighted by atomic mass is 9.97. The normalized spacial score (nSPS) is 18.0. The minimum atomic E-state index is -0.272. The summed E-state index contributed by atoms with van der Waals surface area (Å²) >= 11 is 0. The minimum absolute atomic E-state index is 0. The van der Waals surface area contributed by atoms with Gasteiger partial charge in [-0.3, -0.25) is 4.79 Å². The first-order valence-corrected chi connectivity index (χ1v) is 10.0. The lowest BCUT2D eigenvalue weighted by molar-refractivity contribution is -0.133. The SMILES string of the molecule is Cl.O=C(Nc1ccccc1)Nc1cccc2c1CCN(C(=O)CC1COCCN1)C2. The summed E-state index contributed by atoms with van der Waals surface area (Å²) in [5, 5.41) is 9.12. The summed E-state index contributed by atoms with van der Waals surface area (Å²) in [6.07, 6.45) is 1.17. The van der Waals surface area contributed by atoms with Gasteiger partial charge in [0.05, 0.1) is 13.2 Å². The minimum Gasteiger partial charge on any atom is -0.378 e. The smallest absolute Gasteiger partial charge is 0.323 e. The van der Waals surface area contributed by atoms with Gasteiger partial charge in [-0.2, -0.15) is 0 Å². The maximum Gasteiger partial charge on any atom is 0.323 e. The molecular formula is C22H27ClN4O3. The Morgan fingerprint density at radius 3 is 2.70 bits per heavy atom. The number of benzene rings is 2. The third-order valence-corrected chi connectivity index (χ3v) is 5.32. The summed E-state index contributed by atoms with van der Waals surface area (Å²) in [6.45, 7) is 3.30. The van der Waals surface area contributed by atoms with Crippen molar-refractivity contribution in [1.82, 2.24) is 10.2 Å². The van der Waals surface area contributed by atoms with Gasteiger partial charge in [0.15, 0.2) is 0 Å². The van der Waals surface area contributed by atoms with Gasteiger partial charge in [-0.25, -0.2) is 4.79 Å². The van der Waals surface area contributed by atoms with Gasteiger partial charge in [0.2, 0.25) is 5.91 Å². The molecule has 3 amide bonds. The highest BCUT2D eigenvalue weighted by Gasteiger charge is 2.25. The topological polar surface area (TPSA) is 82.7 Å². The molecule has 2 heterocycles. The zero-order chi connectivity index (χ0) is 20.1. The predicted molar refractivity (Wildman–Crippen MR) is 119 cm³/mol. The summed E-state index contributed by atoms with van der Waals surface area (Å²) in [7, 11) is 0. The average Bonchev–Trinajstić information content (AvgIpc) is 2.75. The number of amides is 3. The molecule has 1 saturated heterocycles.